The fraction of sp³-hybridized carbons (Fsp3) is 0.600. The Balaban J connectivity index is 1.73. The quantitative estimate of drug-likeness (QED) is 0.180. The number of fused-ring (bicyclic) bond motifs is 2. The van der Waals surface area contributed by atoms with E-state index in [1.165, 1.54) is 0 Å². The highest BCUT2D eigenvalue weighted by Crippen LogP contribution is 2.51. The Hall–Kier alpha value is -3.94. The molecule has 5 rings (SSSR count). The maximum atomic E-state index is 14.6. The highest BCUT2D eigenvalue weighted by Gasteiger charge is 2.46. The topological polar surface area (TPSA) is 111 Å². The van der Waals surface area contributed by atoms with Gasteiger partial charge in [-0.15, -0.1) is 0 Å². The van der Waals surface area contributed by atoms with E-state index in [2.05, 4.69) is 84.8 Å². The van der Waals surface area contributed by atoms with Gasteiger partial charge in [-0.25, -0.2) is 0 Å². The van der Waals surface area contributed by atoms with E-state index in [-0.39, 0.29) is 75.3 Å². The summed E-state index contributed by atoms with van der Waals surface area (Å²) in [7, 11) is 0. The number of hydrogen-bond acceptors (Lipinski definition) is 6. The van der Waals surface area contributed by atoms with Crippen LogP contribution < -0.4 is 26.1 Å². The first-order valence-electron chi connectivity index (χ1n) is 20.3. The molecule has 0 fully saturated rings. The molecule has 0 bridgehead atoms. The number of carbonyl (C=O) groups is 3. The zero-order chi connectivity index (χ0) is 39.2. The molecule has 2 aromatic carbocycles. The van der Waals surface area contributed by atoms with Gasteiger partial charge in [-0.1, -0.05) is 81.1 Å². The van der Waals surface area contributed by atoms with Crippen LogP contribution in [0, 0.1) is 11.8 Å². The number of anilines is 3. The Labute approximate surface area is 317 Å². The number of hydrogen-bond donors (Lipinski definition) is 3. The highest BCUT2D eigenvalue weighted by atomic mass is 16.3. The van der Waals surface area contributed by atoms with Crippen molar-refractivity contribution in [3.8, 4) is 0 Å². The number of carbonyl (C=O) groups excluding carboxylic acids is 3. The molecule has 0 radical (unpaired) electrons. The molecule has 2 heterocycles. The van der Waals surface area contributed by atoms with Gasteiger partial charge >= 0.3 is 0 Å². The van der Waals surface area contributed by atoms with E-state index in [0.29, 0.717) is 35.0 Å². The molecule has 0 spiro atoms. The molecular weight excluding hydrogens is 661 g/mol. The average Bonchev–Trinajstić information content (AvgIpc) is 3.43. The molecule has 288 valence electrons. The van der Waals surface area contributed by atoms with Crippen LogP contribution >= 0.6 is 0 Å². The van der Waals surface area contributed by atoms with Crippen LogP contribution in [0.5, 0.6) is 0 Å². The maximum Gasteiger partial charge on any atom is 0.227 e. The van der Waals surface area contributed by atoms with Crippen LogP contribution in [0.2, 0.25) is 0 Å². The van der Waals surface area contributed by atoms with Crippen molar-refractivity contribution in [2.75, 3.05) is 15.5 Å². The van der Waals surface area contributed by atoms with Gasteiger partial charge < -0.3 is 20.6 Å². The maximum absolute atomic E-state index is 14.6. The number of aliphatic hydroxyl groups is 1. The van der Waals surface area contributed by atoms with Gasteiger partial charge in [0.15, 0.2) is 0 Å². The van der Waals surface area contributed by atoms with Crippen molar-refractivity contribution in [1.82, 2.24) is 0 Å². The second-order valence-electron chi connectivity index (χ2n) is 17.2. The van der Waals surface area contributed by atoms with Gasteiger partial charge in [0.05, 0.1) is 33.9 Å². The number of unbranched alkanes of at least 4 members (excludes halogenated alkanes) is 2. The molecule has 2 aliphatic heterocycles. The molecule has 0 saturated carbocycles. The van der Waals surface area contributed by atoms with Crippen LogP contribution in [0.1, 0.15) is 151 Å². The van der Waals surface area contributed by atoms with E-state index in [4.69, 9.17) is 4.99 Å². The third kappa shape index (κ3) is 7.07. The molecule has 3 aliphatic rings. The molecule has 8 heteroatoms. The van der Waals surface area contributed by atoms with E-state index in [1.54, 1.807) is 0 Å². The zero-order valence-corrected chi connectivity index (χ0v) is 34.4. The summed E-state index contributed by atoms with van der Waals surface area (Å²) in [6.45, 7) is 25.6. The van der Waals surface area contributed by atoms with Gasteiger partial charge in [0.2, 0.25) is 17.6 Å². The summed E-state index contributed by atoms with van der Waals surface area (Å²) in [5.41, 5.74) is 4.45. The van der Waals surface area contributed by atoms with E-state index >= 15 is 0 Å². The molecule has 3 N–H and O–H groups in total. The first-order chi connectivity index (χ1) is 25.0. The van der Waals surface area contributed by atoms with Gasteiger partial charge in [-0.3, -0.25) is 19.4 Å². The fourth-order valence-corrected chi connectivity index (χ4v) is 8.57. The highest BCUT2D eigenvalue weighted by molar-refractivity contribution is 6.52. The van der Waals surface area contributed by atoms with Crippen molar-refractivity contribution in [3.63, 3.8) is 0 Å². The summed E-state index contributed by atoms with van der Waals surface area (Å²) in [5.74, 6) is -0.920. The van der Waals surface area contributed by atoms with Gasteiger partial charge in [0.25, 0.3) is 0 Å². The standard InChI is InChI=1S/C45H64N4O4/c1-13-17-19-28(15-3)42(52)47-34-23-36-32(44(9,10)26(7)46-36)21-30(34)38-40(50)39(41(38)51)31-22-33-37(49(25(5)6)27(8)45(33,11)12)24-35(31)48-43(53)29(16-4)20-18-14-2/h21-29,50H,13-20H2,1-12H3,(H,47,52)(H,48,53)/b38-30-. The number of aliphatic hydroxyl groups excluding tert-OH is 1. The summed E-state index contributed by atoms with van der Waals surface area (Å²) in [4.78, 5) is 49.4. The lowest BCUT2D eigenvalue weighted by molar-refractivity contribution is -0.121. The molecular formula is C45H64N4O4. The van der Waals surface area contributed by atoms with Crippen molar-refractivity contribution >= 4 is 45.8 Å². The lowest BCUT2D eigenvalue weighted by Crippen LogP contribution is -2.42. The van der Waals surface area contributed by atoms with Crippen LogP contribution in [0.15, 0.2) is 35.0 Å². The zero-order valence-electron chi connectivity index (χ0n) is 34.4. The number of benzene rings is 2. The molecule has 4 unspecified atom stereocenters. The fourth-order valence-electron chi connectivity index (χ4n) is 8.57. The predicted octanol–water partition coefficient (Wildman–Crippen LogP) is 8.89. The average molecular weight is 725 g/mol. The van der Waals surface area contributed by atoms with E-state index in [1.807, 2.05) is 38.1 Å². The number of amides is 2. The second-order valence-corrected chi connectivity index (χ2v) is 17.2. The van der Waals surface area contributed by atoms with Crippen LogP contribution in [0.3, 0.4) is 0 Å². The minimum absolute atomic E-state index is 0.00375. The second kappa shape index (κ2) is 15.4. The third-order valence-electron chi connectivity index (χ3n) is 12.9. The summed E-state index contributed by atoms with van der Waals surface area (Å²) >= 11 is 0. The third-order valence-corrected chi connectivity index (χ3v) is 12.9. The molecule has 1 aliphatic carbocycles. The number of rotatable bonds is 14. The molecule has 2 amide bonds. The summed E-state index contributed by atoms with van der Waals surface area (Å²) in [5, 5.41) is 19.8. The smallest absolute Gasteiger partial charge is 0.227 e. The van der Waals surface area contributed by atoms with Crippen molar-refractivity contribution in [1.29, 1.82) is 0 Å². The number of Topliss-reactive ketones (excluding diaryl/α,β-unsaturated/α-hetero) is 1. The van der Waals surface area contributed by atoms with Crippen molar-refractivity contribution < 1.29 is 19.5 Å². The van der Waals surface area contributed by atoms with Crippen molar-refractivity contribution in [2.24, 2.45) is 16.8 Å². The molecule has 0 aromatic heterocycles. The predicted molar refractivity (Wildman–Crippen MR) is 218 cm³/mol. The lowest BCUT2D eigenvalue weighted by atomic mass is 9.76. The van der Waals surface area contributed by atoms with Crippen LogP contribution in [0.25, 0.3) is 11.1 Å². The number of allylic oxidation sites excluding steroid dienone is 2. The Morgan fingerprint density at radius 2 is 1.38 bits per heavy atom. The van der Waals surface area contributed by atoms with Gasteiger partial charge in [-0.2, -0.15) is 0 Å². The van der Waals surface area contributed by atoms with E-state index in [0.717, 1.165) is 60.7 Å². The minimum atomic E-state index is -0.310. The van der Waals surface area contributed by atoms with E-state index < -0.39 is 0 Å². The summed E-state index contributed by atoms with van der Waals surface area (Å²) in [6, 6.07) is 8.24. The Morgan fingerprint density at radius 1 is 0.811 bits per heavy atom. The SMILES string of the molecule is CCCCC(CC)C(=O)Nc1cc2c(cc1C1=C(O)/C(=c3\cc4c(cc3NC(=O)C(CC)CCCC)=NC(C)C4(C)C)C1=O)C(C)(C)C(C)N2C(C)C. The van der Waals surface area contributed by atoms with Crippen LogP contribution in [0.4, 0.5) is 17.1 Å². The Morgan fingerprint density at radius 3 is 1.89 bits per heavy atom. The number of ketones is 1. The first-order valence-corrected chi connectivity index (χ1v) is 20.3. The normalized spacial score (nSPS) is 21.9. The lowest BCUT2D eigenvalue weighted by Gasteiger charge is -2.34. The van der Waals surface area contributed by atoms with Crippen molar-refractivity contribution in [3.05, 3.63) is 57.3 Å². The van der Waals surface area contributed by atoms with Crippen LogP contribution in [-0.4, -0.2) is 40.8 Å². The number of nitrogens with zero attached hydrogens (tertiary/aromatic N) is 2. The minimum Gasteiger partial charge on any atom is -0.506 e. The Bertz CT molecular complexity index is 1940. The van der Waals surface area contributed by atoms with E-state index in [9.17, 15) is 19.5 Å². The Kier molecular flexibility index (Phi) is 11.7. The molecule has 4 atom stereocenters. The molecule has 8 nitrogen and oxygen atoms in total. The van der Waals surface area contributed by atoms with Gasteiger partial charge in [-0.05, 0) is 88.8 Å². The van der Waals surface area contributed by atoms with Crippen LogP contribution in [-0.2, 0) is 25.2 Å². The summed E-state index contributed by atoms with van der Waals surface area (Å²) in [6.07, 6.45) is 6.91. The van der Waals surface area contributed by atoms with Gasteiger partial charge in [0.1, 0.15) is 5.76 Å². The van der Waals surface area contributed by atoms with Gasteiger partial charge in [0, 0.05) is 51.2 Å². The number of nitrogens with one attached hydrogen (secondary N) is 2. The molecule has 53 heavy (non-hydrogen) atoms. The molecule has 0 saturated heterocycles. The summed E-state index contributed by atoms with van der Waals surface area (Å²) < 4.78 is 0. The first kappa shape index (κ1) is 40.2. The van der Waals surface area contributed by atoms with Crippen molar-refractivity contribution in [2.45, 2.75) is 163 Å². The molecule has 2 aromatic rings. The largest absolute Gasteiger partial charge is 0.506 e. The monoisotopic (exact) mass is 724 g/mol.